The Bertz CT molecular complexity index is 182. The van der Waals surface area contributed by atoms with Crippen LogP contribution in [0, 0.1) is 0 Å². The summed E-state index contributed by atoms with van der Waals surface area (Å²) in [5.74, 6) is -0.0713. The van der Waals surface area contributed by atoms with Gasteiger partial charge in [0.1, 0.15) is 0 Å². The van der Waals surface area contributed by atoms with Crippen LogP contribution in [0.15, 0.2) is 0 Å². The van der Waals surface area contributed by atoms with Crippen molar-refractivity contribution in [2.75, 3.05) is 6.61 Å². The third kappa shape index (κ3) is 23.4. The Hall–Kier alpha value is 0.269. The molecule has 0 unspecified atom stereocenters. The van der Waals surface area contributed by atoms with Crippen molar-refractivity contribution in [3.63, 3.8) is 0 Å². The molecule has 0 aliphatic heterocycles. The van der Waals surface area contributed by atoms with Gasteiger partial charge in [0.25, 0.3) is 0 Å². The average molecular weight is 390 g/mol. The molecule has 0 spiro atoms. The van der Waals surface area contributed by atoms with Gasteiger partial charge in [-0.1, -0.05) is 58.8 Å². The molecule has 119 valence electrons. The van der Waals surface area contributed by atoms with Gasteiger partial charge in [0, 0.05) is 6.42 Å². The summed E-state index contributed by atoms with van der Waals surface area (Å²) in [5, 5.41) is 0. The molecule has 0 saturated carbocycles. The minimum absolute atomic E-state index is 0.0713. The second-order valence-electron chi connectivity index (χ2n) is 5.15. The first kappa shape index (κ1) is 22.5. The van der Waals surface area contributed by atoms with E-state index in [0.29, 0.717) is 13.0 Å². The van der Waals surface area contributed by atoms with Crippen LogP contribution in [0.2, 0.25) is 4.44 Å². The van der Waals surface area contributed by atoms with Crippen molar-refractivity contribution in [2.45, 2.75) is 95.8 Å². The van der Waals surface area contributed by atoms with E-state index in [-0.39, 0.29) is 5.97 Å². The van der Waals surface area contributed by atoms with E-state index in [1.165, 1.54) is 62.2 Å². The predicted octanol–water partition coefficient (Wildman–Crippen LogP) is 5.45. The average Bonchev–Trinajstić information content (AvgIpc) is 2.46. The Morgan fingerprint density at radius 2 is 1.30 bits per heavy atom. The van der Waals surface area contributed by atoms with Crippen LogP contribution in [0.5, 0.6) is 0 Å². The van der Waals surface area contributed by atoms with Gasteiger partial charge >= 0.3 is 52.7 Å². The fourth-order valence-corrected chi connectivity index (χ4v) is 2.71. The maximum atomic E-state index is 10.8. The summed E-state index contributed by atoms with van der Waals surface area (Å²) in [6.45, 7) is 6.91. The molecule has 0 saturated heterocycles. The van der Waals surface area contributed by atoms with Crippen molar-refractivity contribution in [1.82, 2.24) is 0 Å². The predicted molar refractivity (Wildman–Crippen MR) is 89.3 cm³/mol. The van der Waals surface area contributed by atoms with Gasteiger partial charge in [-0.25, -0.2) is 0 Å². The van der Waals surface area contributed by atoms with Crippen molar-refractivity contribution < 1.29 is 9.53 Å². The zero-order valence-corrected chi connectivity index (χ0v) is 16.9. The molecule has 3 heteroatoms. The third-order valence-electron chi connectivity index (χ3n) is 3.08. The van der Waals surface area contributed by atoms with Crippen LogP contribution >= 0.6 is 0 Å². The number of esters is 1. The number of carbonyl (C=O) groups excluding carboxylic acids is 1. The second-order valence-corrected chi connectivity index (χ2v) is 6.58. The van der Waals surface area contributed by atoms with Gasteiger partial charge in [-0.15, -0.1) is 0 Å². The van der Waals surface area contributed by atoms with E-state index >= 15 is 0 Å². The summed E-state index contributed by atoms with van der Waals surface area (Å²) in [6, 6.07) is 0. The number of hydrogen-bond donors (Lipinski definition) is 0. The van der Waals surface area contributed by atoms with Crippen LogP contribution < -0.4 is 0 Å². The zero-order valence-electron chi connectivity index (χ0n) is 14.0. The summed E-state index contributed by atoms with van der Waals surface area (Å²) in [7, 11) is 0. The SMILES string of the molecule is CCCCCCCCCCOC(=O)CC.CCC[CH2][Sn]. The molecule has 0 atom stereocenters. The number of carbonyl (C=O) groups is 1. The van der Waals surface area contributed by atoms with Gasteiger partial charge in [-0.2, -0.15) is 0 Å². The molecule has 0 amide bonds. The monoisotopic (exact) mass is 391 g/mol. The molecule has 3 radical (unpaired) electrons. The van der Waals surface area contributed by atoms with E-state index in [9.17, 15) is 4.79 Å². The van der Waals surface area contributed by atoms with E-state index in [0.717, 1.165) is 6.42 Å². The molecule has 0 bridgehead atoms. The fourth-order valence-electron chi connectivity index (χ4n) is 1.70. The fraction of sp³-hybridized carbons (Fsp3) is 0.941. The van der Waals surface area contributed by atoms with E-state index in [4.69, 9.17) is 4.74 Å². The molecule has 0 rings (SSSR count). The molecule has 0 heterocycles. The Labute approximate surface area is 140 Å². The minimum atomic E-state index is -0.0713. The van der Waals surface area contributed by atoms with Crippen molar-refractivity contribution in [1.29, 1.82) is 0 Å². The van der Waals surface area contributed by atoms with Crippen LogP contribution in [-0.4, -0.2) is 35.1 Å². The van der Waals surface area contributed by atoms with Gasteiger partial charge < -0.3 is 4.74 Å². The molecule has 0 aromatic rings. The molecule has 0 aromatic carbocycles. The molecule has 0 aliphatic carbocycles. The molecular weight excluding hydrogens is 355 g/mol. The first-order valence-corrected chi connectivity index (χ1v) is 10.5. The van der Waals surface area contributed by atoms with E-state index in [1.807, 2.05) is 6.92 Å². The van der Waals surface area contributed by atoms with Crippen molar-refractivity contribution in [3.8, 4) is 0 Å². The Morgan fingerprint density at radius 3 is 1.70 bits per heavy atom. The molecule has 2 nitrogen and oxygen atoms in total. The van der Waals surface area contributed by atoms with Gasteiger partial charge in [0.2, 0.25) is 0 Å². The number of unbranched alkanes of at least 4 members (excludes halogenated alkanes) is 8. The molecule has 20 heavy (non-hydrogen) atoms. The third-order valence-corrected chi connectivity index (χ3v) is 4.09. The summed E-state index contributed by atoms with van der Waals surface area (Å²) >= 11 is 1.68. The van der Waals surface area contributed by atoms with Crippen LogP contribution in [0.1, 0.15) is 91.4 Å². The van der Waals surface area contributed by atoms with Crippen molar-refractivity contribution in [3.05, 3.63) is 0 Å². The molecule has 0 aliphatic rings. The summed E-state index contributed by atoms with van der Waals surface area (Å²) in [4.78, 5) is 10.8. The van der Waals surface area contributed by atoms with Crippen LogP contribution in [-0.2, 0) is 9.53 Å². The number of hydrogen-bond acceptors (Lipinski definition) is 2. The molecule has 0 fully saturated rings. The topological polar surface area (TPSA) is 26.3 Å². The summed E-state index contributed by atoms with van der Waals surface area (Å²) in [5.41, 5.74) is 0. The second kappa shape index (κ2) is 21.6. The summed E-state index contributed by atoms with van der Waals surface area (Å²) < 4.78 is 6.43. The van der Waals surface area contributed by atoms with Gasteiger partial charge in [0.15, 0.2) is 0 Å². The van der Waals surface area contributed by atoms with Crippen molar-refractivity contribution >= 4 is 28.5 Å². The Morgan fingerprint density at radius 1 is 0.800 bits per heavy atom. The van der Waals surface area contributed by atoms with Crippen LogP contribution in [0.3, 0.4) is 0 Å². The standard InChI is InChI=1S/C13H26O2.C4H9.Sn/c1-3-5-6-7-8-9-10-11-12-15-13(14)4-2;1-3-4-2;/h3-12H2,1-2H3;1,3-4H2,2H3;. The van der Waals surface area contributed by atoms with E-state index in [1.54, 1.807) is 22.5 Å². The van der Waals surface area contributed by atoms with Gasteiger partial charge in [-0.3, -0.25) is 4.79 Å². The Balaban J connectivity index is 0. The van der Waals surface area contributed by atoms with E-state index in [2.05, 4.69) is 13.8 Å². The first-order chi connectivity index (χ1) is 9.72. The number of ether oxygens (including phenoxy) is 1. The normalized spacial score (nSPS) is 9.80. The quantitative estimate of drug-likeness (QED) is 0.252. The van der Waals surface area contributed by atoms with Gasteiger partial charge in [-0.05, 0) is 6.42 Å². The molecule has 0 N–H and O–H groups in total. The molecular formula is C17H35O2Sn. The van der Waals surface area contributed by atoms with Crippen molar-refractivity contribution in [2.24, 2.45) is 0 Å². The van der Waals surface area contributed by atoms with Crippen LogP contribution in [0.4, 0.5) is 0 Å². The zero-order chi connectivity index (χ0) is 15.5. The van der Waals surface area contributed by atoms with Gasteiger partial charge in [0.05, 0.1) is 6.61 Å². The van der Waals surface area contributed by atoms with E-state index < -0.39 is 0 Å². The van der Waals surface area contributed by atoms with Crippen LogP contribution in [0.25, 0.3) is 0 Å². The number of rotatable bonds is 12. The summed E-state index contributed by atoms with van der Waals surface area (Å²) in [6.07, 6.45) is 13.6. The maximum absolute atomic E-state index is 10.8. The Kier molecular flexibility index (Phi) is 24.3. The first-order valence-electron chi connectivity index (χ1n) is 8.53. The molecule has 0 aromatic heterocycles.